The smallest absolute Gasteiger partial charge is 0.236 e. The predicted molar refractivity (Wildman–Crippen MR) is 52.5 cm³/mol. The number of carbonyl (C=O) groups excluding carboxylic acids is 2. The minimum Gasteiger partial charge on any atom is -0.343 e. The molecule has 5 heteroatoms. The van der Waals surface area contributed by atoms with E-state index in [4.69, 9.17) is 5.73 Å². The summed E-state index contributed by atoms with van der Waals surface area (Å²) in [4.78, 5) is 25.6. The minimum absolute atomic E-state index is 0.0310. The summed E-state index contributed by atoms with van der Waals surface area (Å²) in [6.07, 6.45) is 0.974. The standard InChI is InChI=1S/C9H17N3O2/c1-7(13)12-4-3-8(12)6-11(2)9(14)5-10/h8H,3-6,10H2,1-2H3. The van der Waals surface area contributed by atoms with Crippen LogP contribution in [0.5, 0.6) is 0 Å². The molecule has 1 heterocycles. The van der Waals surface area contributed by atoms with E-state index in [2.05, 4.69) is 0 Å². The summed E-state index contributed by atoms with van der Waals surface area (Å²) in [5.41, 5.74) is 5.23. The lowest BCUT2D eigenvalue weighted by Gasteiger charge is -2.42. The van der Waals surface area contributed by atoms with Crippen LogP contribution < -0.4 is 5.73 Å². The Morgan fingerprint density at radius 1 is 1.57 bits per heavy atom. The topological polar surface area (TPSA) is 66.6 Å². The molecule has 1 rings (SSSR count). The first-order chi connectivity index (χ1) is 6.56. The van der Waals surface area contributed by atoms with Crippen LogP contribution in [0, 0.1) is 0 Å². The van der Waals surface area contributed by atoms with Crippen LogP contribution in [0.1, 0.15) is 13.3 Å². The highest BCUT2D eigenvalue weighted by atomic mass is 16.2. The summed E-state index contributed by atoms with van der Waals surface area (Å²) in [7, 11) is 1.71. The number of likely N-dealkylation sites (N-methyl/N-ethyl adjacent to an activating group) is 1. The van der Waals surface area contributed by atoms with Crippen LogP contribution in [0.3, 0.4) is 0 Å². The molecule has 0 aromatic heterocycles. The fraction of sp³-hybridized carbons (Fsp3) is 0.778. The molecule has 1 atom stereocenters. The summed E-state index contributed by atoms with van der Waals surface area (Å²) in [5.74, 6) is -0.00440. The number of carbonyl (C=O) groups is 2. The lowest BCUT2D eigenvalue weighted by Crippen LogP contribution is -2.55. The van der Waals surface area contributed by atoms with Gasteiger partial charge in [-0.15, -0.1) is 0 Å². The average Bonchev–Trinajstić information content (AvgIpc) is 2.09. The normalized spacial score (nSPS) is 20.2. The van der Waals surface area contributed by atoms with E-state index in [0.29, 0.717) is 6.54 Å². The van der Waals surface area contributed by atoms with Gasteiger partial charge >= 0.3 is 0 Å². The number of amides is 2. The lowest BCUT2D eigenvalue weighted by atomic mass is 10.0. The van der Waals surface area contributed by atoms with Crippen molar-refractivity contribution in [2.75, 3.05) is 26.7 Å². The highest BCUT2D eigenvalue weighted by molar-refractivity contribution is 5.78. The Bertz CT molecular complexity index is 242. The molecule has 0 saturated carbocycles. The van der Waals surface area contributed by atoms with Gasteiger partial charge in [-0.05, 0) is 6.42 Å². The van der Waals surface area contributed by atoms with Gasteiger partial charge < -0.3 is 15.5 Å². The molecule has 1 saturated heterocycles. The highest BCUT2D eigenvalue weighted by Crippen LogP contribution is 2.17. The molecule has 80 valence electrons. The SMILES string of the molecule is CC(=O)N1CCC1CN(C)C(=O)CN. The Morgan fingerprint density at radius 3 is 2.57 bits per heavy atom. The van der Waals surface area contributed by atoms with E-state index in [9.17, 15) is 9.59 Å². The van der Waals surface area contributed by atoms with Crippen LogP contribution >= 0.6 is 0 Å². The van der Waals surface area contributed by atoms with Gasteiger partial charge in [-0.1, -0.05) is 0 Å². The fourth-order valence-electron chi connectivity index (χ4n) is 1.62. The Morgan fingerprint density at radius 2 is 2.21 bits per heavy atom. The van der Waals surface area contributed by atoms with Crippen LogP contribution in [-0.2, 0) is 9.59 Å². The van der Waals surface area contributed by atoms with Crippen LogP contribution in [0.2, 0.25) is 0 Å². The first-order valence-corrected chi connectivity index (χ1v) is 4.77. The molecule has 0 aromatic rings. The first kappa shape index (κ1) is 11.0. The zero-order chi connectivity index (χ0) is 10.7. The predicted octanol–water partition coefficient (Wildman–Crippen LogP) is -0.976. The molecule has 1 fully saturated rings. The number of nitrogens with zero attached hydrogens (tertiary/aromatic N) is 2. The second kappa shape index (κ2) is 4.41. The van der Waals surface area contributed by atoms with Gasteiger partial charge in [0.25, 0.3) is 0 Å². The third-order valence-corrected chi connectivity index (χ3v) is 2.63. The van der Waals surface area contributed by atoms with E-state index in [1.807, 2.05) is 0 Å². The van der Waals surface area contributed by atoms with Crippen molar-refractivity contribution in [3.05, 3.63) is 0 Å². The molecule has 5 nitrogen and oxygen atoms in total. The molecule has 0 aromatic carbocycles. The summed E-state index contributed by atoms with van der Waals surface area (Å²) in [5, 5.41) is 0. The lowest BCUT2D eigenvalue weighted by molar-refractivity contribution is -0.140. The van der Waals surface area contributed by atoms with Crippen molar-refractivity contribution < 1.29 is 9.59 Å². The van der Waals surface area contributed by atoms with Crippen LogP contribution in [0.15, 0.2) is 0 Å². The molecule has 0 aliphatic carbocycles. The van der Waals surface area contributed by atoms with Crippen molar-refractivity contribution in [1.29, 1.82) is 0 Å². The number of hydrogen-bond acceptors (Lipinski definition) is 3. The van der Waals surface area contributed by atoms with Crippen LogP contribution in [-0.4, -0.2) is 54.3 Å². The number of nitrogens with two attached hydrogens (primary N) is 1. The maximum atomic E-state index is 11.2. The second-order valence-electron chi connectivity index (χ2n) is 3.63. The zero-order valence-electron chi connectivity index (χ0n) is 8.69. The number of hydrogen-bond donors (Lipinski definition) is 1. The van der Waals surface area contributed by atoms with Crippen molar-refractivity contribution in [1.82, 2.24) is 9.80 Å². The molecule has 2 amide bonds. The average molecular weight is 199 g/mol. The van der Waals surface area contributed by atoms with Crippen molar-refractivity contribution in [3.63, 3.8) is 0 Å². The second-order valence-corrected chi connectivity index (χ2v) is 3.63. The van der Waals surface area contributed by atoms with Crippen LogP contribution in [0.25, 0.3) is 0 Å². The number of rotatable bonds is 3. The molecular weight excluding hydrogens is 182 g/mol. The summed E-state index contributed by atoms with van der Waals surface area (Å²) < 4.78 is 0. The quantitative estimate of drug-likeness (QED) is 0.635. The summed E-state index contributed by atoms with van der Waals surface area (Å²) in [6.45, 7) is 2.99. The molecule has 2 N–H and O–H groups in total. The van der Waals surface area contributed by atoms with E-state index in [-0.39, 0.29) is 24.4 Å². The molecule has 14 heavy (non-hydrogen) atoms. The third kappa shape index (κ3) is 2.23. The maximum Gasteiger partial charge on any atom is 0.236 e. The van der Waals surface area contributed by atoms with E-state index >= 15 is 0 Å². The zero-order valence-corrected chi connectivity index (χ0v) is 8.69. The molecular formula is C9H17N3O2. The molecule has 0 radical (unpaired) electrons. The van der Waals surface area contributed by atoms with Gasteiger partial charge in [0.1, 0.15) is 0 Å². The monoisotopic (exact) mass is 199 g/mol. The largest absolute Gasteiger partial charge is 0.343 e. The number of likely N-dealkylation sites (tertiary alicyclic amines) is 1. The van der Waals surface area contributed by atoms with Crippen molar-refractivity contribution in [2.45, 2.75) is 19.4 Å². The Hall–Kier alpha value is -1.10. The maximum absolute atomic E-state index is 11.2. The van der Waals surface area contributed by atoms with Gasteiger partial charge in [-0.3, -0.25) is 9.59 Å². The van der Waals surface area contributed by atoms with Gasteiger partial charge in [-0.25, -0.2) is 0 Å². The molecule has 1 aliphatic heterocycles. The van der Waals surface area contributed by atoms with Crippen molar-refractivity contribution in [2.24, 2.45) is 5.73 Å². The first-order valence-electron chi connectivity index (χ1n) is 4.77. The molecule has 0 spiro atoms. The summed E-state index contributed by atoms with van der Waals surface area (Å²) >= 11 is 0. The van der Waals surface area contributed by atoms with E-state index in [1.54, 1.807) is 23.8 Å². The molecule has 0 bridgehead atoms. The van der Waals surface area contributed by atoms with Gasteiger partial charge in [0, 0.05) is 27.1 Å². The van der Waals surface area contributed by atoms with E-state index in [0.717, 1.165) is 13.0 Å². The van der Waals surface area contributed by atoms with Crippen molar-refractivity contribution >= 4 is 11.8 Å². The third-order valence-electron chi connectivity index (χ3n) is 2.63. The summed E-state index contributed by atoms with van der Waals surface area (Å²) in [6, 6.07) is 0.188. The molecule has 1 unspecified atom stereocenters. The van der Waals surface area contributed by atoms with E-state index in [1.165, 1.54) is 0 Å². The Balaban J connectivity index is 2.38. The van der Waals surface area contributed by atoms with Gasteiger partial charge in [-0.2, -0.15) is 0 Å². The van der Waals surface area contributed by atoms with Crippen LogP contribution in [0.4, 0.5) is 0 Å². The van der Waals surface area contributed by atoms with Gasteiger partial charge in [0.2, 0.25) is 11.8 Å². The van der Waals surface area contributed by atoms with Gasteiger partial charge in [0.15, 0.2) is 0 Å². The highest BCUT2D eigenvalue weighted by Gasteiger charge is 2.31. The Labute approximate surface area is 83.8 Å². The Kier molecular flexibility index (Phi) is 3.46. The van der Waals surface area contributed by atoms with E-state index < -0.39 is 0 Å². The van der Waals surface area contributed by atoms with Gasteiger partial charge in [0.05, 0.1) is 12.6 Å². The minimum atomic E-state index is -0.0830. The van der Waals surface area contributed by atoms with Crippen molar-refractivity contribution in [3.8, 4) is 0 Å². The molecule has 1 aliphatic rings. The fourth-order valence-corrected chi connectivity index (χ4v) is 1.62.